The summed E-state index contributed by atoms with van der Waals surface area (Å²) in [6.07, 6.45) is 0. The van der Waals surface area contributed by atoms with Crippen molar-refractivity contribution >= 4 is 29.1 Å². The maximum Gasteiger partial charge on any atom is 0.243 e. The molecule has 0 saturated carbocycles. The van der Waals surface area contributed by atoms with Gasteiger partial charge >= 0.3 is 0 Å². The summed E-state index contributed by atoms with van der Waals surface area (Å²) in [5.41, 5.74) is 0.965. The van der Waals surface area contributed by atoms with Crippen LogP contribution in [0.2, 0.25) is 5.02 Å². The van der Waals surface area contributed by atoms with E-state index in [1.54, 1.807) is 6.07 Å². The highest BCUT2D eigenvalue weighted by Crippen LogP contribution is 2.21. The average molecular weight is 382 g/mol. The van der Waals surface area contributed by atoms with E-state index in [0.717, 1.165) is 17.7 Å². The van der Waals surface area contributed by atoms with Crippen LogP contribution in [0.1, 0.15) is 18.5 Å². The Hall–Kier alpha value is -2.51. The van der Waals surface area contributed by atoms with E-state index in [1.807, 2.05) is 25.1 Å². The molecule has 5 nitrogen and oxygen atoms in total. The number of anilines is 1. The third-order valence-corrected chi connectivity index (χ3v) is 3.93. The summed E-state index contributed by atoms with van der Waals surface area (Å²) in [6.45, 7) is 1.56. The molecule has 2 amide bonds. The van der Waals surface area contributed by atoms with Crippen molar-refractivity contribution in [3.63, 3.8) is 0 Å². The van der Waals surface area contributed by atoms with Crippen molar-refractivity contribution in [3.8, 4) is 0 Å². The summed E-state index contributed by atoms with van der Waals surface area (Å²) in [5.74, 6) is -3.01. The van der Waals surface area contributed by atoms with Crippen molar-refractivity contribution in [1.29, 1.82) is 0 Å². The van der Waals surface area contributed by atoms with Crippen molar-refractivity contribution in [2.24, 2.45) is 0 Å². The highest BCUT2D eigenvalue weighted by molar-refractivity contribution is 6.31. The molecule has 8 heteroatoms. The summed E-state index contributed by atoms with van der Waals surface area (Å²) in [7, 11) is 0. The van der Waals surface area contributed by atoms with Crippen LogP contribution in [-0.2, 0) is 9.59 Å². The molecule has 0 aliphatic rings. The molecule has 0 bridgehead atoms. The van der Waals surface area contributed by atoms with Gasteiger partial charge in [-0.2, -0.15) is 0 Å². The molecule has 3 N–H and O–H groups in total. The Kier molecular flexibility index (Phi) is 7.06. The molecule has 0 radical (unpaired) electrons. The molecule has 0 fully saturated rings. The molecule has 2 rings (SSSR count). The van der Waals surface area contributed by atoms with Crippen LogP contribution in [0.4, 0.5) is 14.5 Å². The maximum atomic E-state index is 13.1. The second-order valence-electron chi connectivity index (χ2n) is 5.58. The maximum absolute atomic E-state index is 13.1. The largest absolute Gasteiger partial charge is 0.346 e. The van der Waals surface area contributed by atoms with E-state index in [1.165, 1.54) is 6.07 Å². The van der Waals surface area contributed by atoms with Crippen LogP contribution in [0.25, 0.3) is 0 Å². The van der Waals surface area contributed by atoms with E-state index in [2.05, 4.69) is 16.0 Å². The van der Waals surface area contributed by atoms with Crippen LogP contribution in [0, 0.1) is 11.6 Å². The first-order valence-corrected chi connectivity index (χ1v) is 8.24. The van der Waals surface area contributed by atoms with E-state index < -0.39 is 17.5 Å². The number of carbonyl (C=O) groups is 2. The van der Waals surface area contributed by atoms with Crippen LogP contribution in [0.5, 0.6) is 0 Å². The highest BCUT2D eigenvalue weighted by Gasteiger charge is 2.12. The van der Waals surface area contributed by atoms with Gasteiger partial charge in [0.2, 0.25) is 11.8 Å². The fraction of sp³-hybridized carbons (Fsp3) is 0.222. The topological polar surface area (TPSA) is 70.2 Å². The first-order chi connectivity index (χ1) is 12.4. The second-order valence-corrected chi connectivity index (χ2v) is 5.99. The molecule has 26 heavy (non-hydrogen) atoms. The number of hydrogen-bond acceptors (Lipinski definition) is 3. The molecule has 0 saturated heterocycles. The average Bonchev–Trinajstić information content (AvgIpc) is 2.61. The lowest BCUT2D eigenvalue weighted by atomic mass is 10.1. The minimum atomic E-state index is -1.07. The van der Waals surface area contributed by atoms with Gasteiger partial charge in [0.25, 0.3) is 0 Å². The molecule has 138 valence electrons. The molecule has 0 aromatic heterocycles. The van der Waals surface area contributed by atoms with Gasteiger partial charge in [-0.3, -0.25) is 9.59 Å². The number of benzene rings is 2. The van der Waals surface area contributed by atoms with Crippen LogP contribution in [0.3, 0.4) is 0 Å². The second kappa shape index (κ2) is 9.26. The van der Waals surface area contributed by atoms with E-state index in [-0.39, 0.29) is 30.7 Å². The van der Waals surface area contributed by atoms with Gasteiger partial charge in [0, 0.05) is 22.8 Å². The minimum absolute atomic E-state index is 0.00908. The van der Waals surface area contributed by atoms with Crippen molar-refractivity contribution < 1.29 is 18.4 Å². The molecule has 1 atom stereocenters. The normalized spacial score (nSPS) is 11.7. The van der Waals surface area contributed by atoms with Crippen LogP contribution in [0.15, 0.2) is 42.5 Å². The third kappa shape index (κ3) is 5.79. The fourth-order valence-corrected chi connectivity index (χ4v) is 2.50. The Balaban J connectivity index is 1.75. The Morgan fingerprint density at radius 1 is 1.04 bits per heavy atom. The standard InChI is InChI=1S/C18H18ClF2N3O2/c1-11(13-4-2-3-5-14(13)19)22-9-17(25)23-10-18(26)24-12-6-7-15(20)16(21)8-12/h2-8,11,22H,9-10H2,1H3,(H,23,25)(H,24,26). The Labute approximate surface area is 154 Å². The van der Waals surface area contributed by atoms with Gasteiger partial charge in [-0.1, -0.05) is 29.8 Å². The lowest BCUT2D eigenvalue weighted by Crippen LogP contribution is -2.39. The van der Waals surface area contributed by atoms with Crippen LogP contribution in [-0.4, -0.2) is 24.9 Å². The Morgan fingerprint density at radius 3 is 2.46 bits per heavy atom. The SMILES string of the molecule is CC(NCC(=O)NCC(=O)Nc1ccc(F)c(F)c1)c1ccccc1Cl. The monoisotopic (exact) mass is 381 g/mol. The summed E-state index contributed by atoms with van der Waals surface area (Å²) >= 11 is 6.09. The lowest BCUT2D eigenvalue weighted by Gasteiger charge is -2.15. The molecule has 0 heterocycles. The third-order valence-electron chi connectivity index (χ3n) is 3.59. The zero-order chi connectivity index (χ0) is 19.1. The first kappa shape index (κ1) is 19.8. The number of hydrogen-bond donors (Lipinski definition) is 3. The first-order valence-electron chi connectivity index (χ1n) is 7.86. The van der Waals surface area contributed by atoms with Gasteiger partial charge in [0.1, 0.15) is 0 Å². The lowest BCUT2D eigenvalue weighted by molar-refractivity contribution is -0.123. The quantitative estimate of drug-likeness (QED) is 0.690. The van der Waals surface area contributed by atoms with E-state index >= 15 is 0 Å². The smallest absolute Gasteiger partial charge is 0.243 e. The zero-order valence-corrected chi connectivity index (χ0v) is 14.7. The van der Waals surface area contributed by atoms with Crippen LogP contribution >= 0.6 is 11.6 Å². The van der Waals surface area contributed by atoms with Crippen molar-refractivity contribution in [2.45, 2.75) is 13.0 Å². The predicted octanol–water partition coefficient (Wildman–Crippen LogP) is 3.02. The number of carbonyl (C=O) groups excluding carboxylic acids is 2. The predicted molar refractivity (Wildman–Crippen MR) is 95.9 cm³/mol. The summed E-state index contributed by atoms with van der Waals surface area (Å²) in [5, 5.41) is 8.40. The molecule has 2 aromatic rings. The van der Waals surface area contributed by atoms with Crippen molar-refractivity contribution in [1.82, 2.24) is 10.6 Å². The van der Waals surface area contributed by atoms with Gasteiger partial charge in [0.05, 0.1) is 13.1 Å². The zero-order valence-electron chi connectivity index (χ0n) is 14.0. The van der Waals surface area contributed by atoms with E-state index in [4.69, 9.17) is 11.6 Å². The van der Waals surface area contributed by atoms with Crippen molar-refractivity contribution in [3.05, 3.63) is 64.7 Å². The number of amides is 2. The highest BCUT2D eigenvalue weighted by atomic mass is 35.5. The summed E-state index contributed by atoms with van der Waals surface area (Å²) in [6, 6.07) is 10.1. The molecule has 0 aliphatic carbocycles. The molecular weight excluding hydrogens is 364 g/mol. The van der Waals surface area contributed by atoms with E-state index in [9.17, 15) is 18.4 Å². The number of nitrogens with one attached hydrogen (secondary N) is 3. The molecule has 0 aliphatic heterocycles. The molecule has 2 aromatic carbocycles. The summed E-state index contributed by atoms with van der Waals surface area (Å²) in [4.78, 5) is 23.6. The van der Waals surface area contributed by atoms with Gasteiger partial charge in [-0.05, 0) is 30.7 Å². The van der Waals surface area contributed by atoms with Crippen LogP contribution < -0.4 is 16.0 Å². The van der Waals surface area contributed by atoms with Gasteiger partial charge in [0.15, 0.2) is 11.6 Å². The number of halogens is 3. The minimum Gasteiger partial charge on any atom is -0.346 e. The van der Waals surface area contributed by atoms with Gasteiger partial charge in [-0.15, -0.1) is 0 Å². The Morgan fingerprint density at radius 2 is 1.77 bits per heavy atom. The number of rotatable bonds is 7. The molecular formula is C18H18ClF2N3O2. The van der Waals surface area contributed by atoms with Gasteiger partial charge < -0.3 is 16.0 Å². The van der Waals surface area contributed by atoms with E-state index in [0.29, 0.717) is 5.02 Å². The molecule has 1 unspecified atom stereocenters. The summed E-state index contributed by atoms with van der Waals surface area (Å²) < 4.78 is 25.9. The Bertz CT molecular complexity index is 802. The van der Waals surface area contributed by atoms with Crippen molar-refractivity contribution in [2.75, 3.05) is 18.4 Å². The van der Waals surface area contributed by atoms with Gasteiger partial charge in [-0.25, -0.2) is 8.78 Å². The fourth-order valence-electron chi connectivity index (χ4n) is 2.20. The molecule has 0 spiro atoms.